The normalized spacial score (nSPS) is 23.0. The van der Waals surface area contributed by atoms with E-state index >= 15 is 0 Å². The number of rotatable bonds is 4. The van der Waals surface area contributed by atoms with Crippen LogP contribution in [0.3, 0.4) is 0 Å². The van der Waals surface area contributed by atoms with E-state index in [0.29, 0.717) is 24.6 Å². The third kappa shape index (κ3) is 3.75. The summed E-state index contributed by atoms with van der Waals surface area (Å²) in [5.41, 5.74) is 0. The minimum absolute atomic E-state index is 0.0105. The summed E-state index contributed by atoms with van der Waals surface area (Å²) in [4.78, 5) is 11.9. The van der Waals surface area contributed by atoms with Crippen molar-refractivity contribution in [3.8, 4) is 0 Å². The fraction of sp³-hybridized carbons (Fsp3) is 0.733. The number of aromatic nitrogens is 2. The van der Waals surface area contributed by atoms with Crippen molar-refractivity contribution in [2.24, 2.45) is 5.92 Å². The van der Waals surface area contributed by atoms with E-state index in [0.717, 1.165) is 0 Å². The summed E-state index contributed by atoms with van der Waals surface area (Å²) in [6, 6.07) is 1.60. The van der Waals surface area contributed by atoms with Gasteiger partial charge in [0.25, 0.3) is 0 Å². The van der Waals surface area contributed by atoms with Gasteiger partial charge in [0, 0.05) is 31.1 Å². The number of alkyl halides is 2. The Morgan fingerprint density at radius 2 is 2.05 bits per heavy atom. The first-order valence-electron chi connectivity index (χ1n) is 7.93. The number of nitrogens with one attached hydrogen (secondary N) is 2. The van der Waals surface area contributed by atoms with Gasteiger partial charge in [0.1, 0.15) is 0 Å². The summed E-state index contributed by atoms with van der Waals surface area (Å²) in [7, 11) is 0. The van der Waals surface area contributed by atoms with Crippen molar-refractivity contribution < 1.29 is 13.6 Å². The highest BCUT2D eigenvalue weighted by molar-refractivity contribution is 5.88. The molecule has 0 saturated heterocycles. The molecule has 5 nitrogen and oxygen atoms in total. The second kappa shape index (κ2) is 5.85. The van der Waals surface area contributed by atoms with E-state index in [9.17, 15) is 13.6 Å². The Kier molecular flexibility index (Phi) is 4.06. The van der Waals surface area contributed by atoms with E-state index in [1.807, 2.05) is 6.92 Å². The summed E-state index contributed by atoms with van der Waals surface area (Å²) in [5, 5.41) is 9.88. The summed E-state index contributed by atoms with van der Waals surface area (Å²) in [6.45, 7) is 2.00. The molecular formula is C15H22F2N4O. The Labute approximate surface area is 128 Å². The lowest BCUT2D eigenvalue weighted by Crippen LogP contribution is -2.37. The maximum atomic E-state index is 13.2. The van der Waals surface area contributed by atoms with Crippen LogP contribution in [-0.4, -0.2) is 27.8 Å². The molecule has 0 spiro atoms. The third-order valence-electron chi connectivity index (χ3n) is 4.60. The van der Waals surface area contributed by atoms with Crippen LogP contribution in [-0.2, 0) is 0 Å². The van der Waals surface area contributed by atoms with Gasteiger partial charge in [-0.15, -0.1) is 0 Å². The van der Waals surface area contributed by atoms with Crippen molar-refractivity contribution in [1.82, 2.24) is 15.1 Å². The van der Waals surface area contributed by atoms with Crippen molar-refractivity contribution in [3.05, 3.63) is 12.3 Å². The molecule has 1 aromatic rings. The first kappa shape index (κ1) is 15.2. The number of nitrogens with zero attached hydrogens (tertiary/aromatic N) is 2. The third-order valence-corrected chi connectivity index (χ3v) is 4.60. The lowest BCUT2D eigenvalue weighted by Gasteiger charge is -2.28. The predicted octanol–water partition coefficient (Wildman–Crippen LogP) is 3.55. The number of hydrogen-bond donors (Lipinski definition) is 2. The number of anilines is 1. The van der Waals surface area contributed by atoms with Gasteiger partial charge >= 0.3 is 6.03 Å². The van der Waals surface area contributed by atoms with Gasteiger partial charge in [-0.2, -0.15) is 5.10 Å². The lowest BCUT2D eigenvalue weighted by molar-refractivity contribution is -0.0449. The maximum absolute atomic E-state index is 13.2. The zero-order valence-electron chi connectivity index (χ0n) is 12.7. The van der Waals surface area contributed by atoms with E-state index in [2.05, 4.69) is 15.7 Å². The molecule has 2 amide bonds. The zero-order chi connectivity index (χ0) is 15.7. The molecule has 2 saturated carbocycles. The highest BCUT2D eigenvalue weighted by atomic mass is 19.3. The number of urea groups is 1. The summed E-state index contributed by atoms with van der Waals surface area (Å²) >= 11 is 0. The van der Waals surface area contributed by atoms with Crippen molar-refractivity contribution in [2.75, 3.05) is 5.32 Å². The Hall–Kier alpha value is -1.66. The fourth-order valence-corrected chi connectivity index (χ4v) is 2.97. The number of carbonyl (C=O) groups is 1. The SMILES string of the molecule is C[C@H](NC(=O)Nc1ccn(C2CCC(F)(F)CC2)n1)C1CC1. The number of carbonyl (C=O) groups excluding carboxylic acids is 1. The van der Waals surface area contributed by atoms with E-state index < -0.39 is 5.92 Å². The topological polar surface area (TPSA) is 59.0 Å². The molecule has 2 N–H and O–H groups in total. The first-order valence-corrected chi connectivity index (χ1v) is 7.93. The van der Waals surface area contributed by atoms with Crippen molar-refractivity contribution in [3.63, 3.8) is 0 Å². The van der Waals surface area contributed by atoms with Crippen LogP contribution in [0.15, 0.2) is 12.3 Å². The van der Waals surface area contributed by atoms with E-state index in [1.54, 1.807) is 16.9 Å². The van der Waals surface area contributed by atoms with Crippen LogP contribution < -0.4 is 10.6 Å². The van der Waals surface area contributed by atoms with Gasteiger partial charge in [-0.1, -0.05) is 0 Å². The smallest absolute Gasteiger partial charge is 0.320 e. The minimum Gasteiger partial charge on any atom is -0.335 e. The molecule has 1 heterocycles. The van der Waals surface area contributed by atoms with Crippen molar-refractivity contribution in [2.45, 2.75) is 63.5 Å². The van der Waals surface area contributed by atoms with Gasteiger partial charge in [0.2, 0.25) is 5.92 Å². The molecule has 0 bridgehead atoms. The molecule has 122 valence electrons. The number of amides is 2. The molecule has 22 heavy (non-hydrogen) atoms. The summed E-state index contributed by atoms with van der Waals surface area (Å²) in [6.07, 6.45) is 4.72. The van der Waals surface area contributed by atoms with Gasteiger partial charge in [-0.25, -0.2) is 13.6 Å². The molecular weight excluding hydrogens is 290 g/mol. The molecule has 2 aliphatic carbocycles. The molecule has 1 atom stereocenters. The Balaban J connectivity index is 1.51. The highest BCUT2D eigenvalue weighted by Gasteiger charge is 2.35. The Morgan fingerprint density at radius 3 is 2.68 bits per heavy atom. The van der Waals surface area contributed by atoms with Gasteiger partial charge < -0.3 is 5.32 Å². The van der Waals surface area contributed by atoms with Crippen LogP contribution in [0.5, 0.6) is 0 Å². The lowest BCUT2D eigenvalue weighted by atomic mass is 9.92. The van der Waals surface area contributed by atoms with Crippen LogP contribution >= 0.6 is 0 Å². The molecule has 1 aromatic heterocycles. The van der Waals surface area contributed by atoms with Gasteiger partial charge in [0.15, 0.2) is 5.82 Å². The molecule has 0 aromatic carbocycles. The Morgan fingerprint density at radius 1 is 1.36 bits per heavy atom. The van der Waals surface area contributed by atoms with Crippen LogP contribution in [0.25, 0.3) is 0 Å². The Bertz CT molecular complexity index is 531. The van der Waals surface area contributed by atoms with Crippen molar-refractivity contribution >= 4 is 11.8 Å². The molecule has 0 aliphatic heterocycles. The van der Waals surface area contributed by atoms with Gasteiger partial charge in [0.05, 0.1) is 6.04 Å². The van der Waals surface area contributed by atoms with Crippen LogP contribution in [0.4, 0.5) is 19.4 Å². The first-order chi connectivity index (χ1) is 10.4. The molecule has 0 radical (unpaired) electrons. The molecule has 0 unspecified atom stereocenters. The standard InChI is InChI=1S/C15H22F2N4O/c1-10(11-2-3-11)18-14(22)19-13-6-9-21(20-13)12-4-7-15(16,17)8-5-12/h6,9-12H,2-5,7-8H2,1H3,(H2,18,19,20,22)/t10-/m0/s1. The molecule has 2 aliphatic rings. The maximum Gasteiger partial charge on any atom is 0.320 e. The van der Waals surface area contributed by atoms with E-state index in [1.165, 1.54) is 12.8 Å². The van der Waals surface area contributed by atoms with Gasteiger partial charge in [-0.05, 0) is 38.5 Å². The highest BCUT2D eigenvalue weighted by Crippen LogP contribution is 2.38. The molecule has 7 heteroatoms. The van der Waals surface area contributed by atoms with Gasteiger partial charge in [-0.3, -0.25) is 10.00 Å². The van der Waals surface area contributed by atoms with Crippen molar-refractivity contribution in [1.29, 1.82) is 0 Å². The largest absolute Gasteiger partial charge is 0.335 e. The van der Waals surface area contributed by atoms with E-state index in [4.69, 9.17) is 0 Å². The number of halogens is 2. The predicted molar refractivity (Wildman–Crippen MR) is 79.0 cm³/mol. The average molecular weight is 312 g/mol. The average Bonchev–Trinajstić information content (AvgIpc) is 3.20. The van der Waals surface area contributed by atoms with E-state index in [-0.39, 0.29) is 31.0 Å². The summed E-state index contributed by atoms with van der Waals surface area (Å²) < 4.78 is 28.0. The van der Waals surface area contributed by atoms with Crippen LogP contribution in [0, 0.1) is 5.92 Å². The monoisotopic (exact) mass is 312 g/mol. The number of hydrogen-bond acceptors (Lipinski definition) is 2. The quantitative estimate of drug-likeness (QED) is 0.893. The van der Waals surface area contributed by atoms with Crippen LogP contribution in [0.1, 0.15) is 51.5 Å². The second-order valence-electron chi connectivity index (χ2n) is 6.49. The minimum atomic E-state index is -2.54. The molecule has 2 fully saturated rings. The van der Waals surface area contributed by atoms with Crippen LogP contribution in [0.2, 0.25) is 0 Å². The fourth-order valence-electron chi connectivity index (χ4n) is 2.97. The zero-order valence-corrected chi connectivity index (χ0v) is 12.7. The second-order valence-corrected chi connectivity index (χ2v) is 6.49. The summed E-state index contributed by atoms with van der Waals surface area (Å²) in [5.74, 6) is -1.49. The molecule has 3 rings (SSSR count).